The molecule has 13 heteroatoms. The lowest BCUT2D eigenvalue weighted by Crippen LogP contribution is -2.58. The number of likely N-dealkylation sites (tertiary alicyclic amines) is 1. The van der Waals surface area contributed by atoms with E-state index >= 15 is 13.2 Å². The third-order valence-electron chi connectivity index (χ3n) is 9.30. The number of hydrogen-bond donors (Lipinski definition) is 0. The van der Waals surface area contributed by atoms with Gasteiger partial charge in [0.05, 0.1) is 29.0 Å². The van der Waals surface area contributed by atoms with E-state index in [2.05, 4.69) is 21.6 Å². The third-order valence-corrected chi connectivity index (χ3v) is 10.5. The molecule has 3 aliphatic heterocycles. The number of halogens is 3. The van der Waals surface area contributed by atoms with Crippen LogP contribution in [0.1, 0.15) is 55.6 Å². The van der Waals surface area contributed by atoms with Crippen molar-refractivity contribution < 1.29 is 18.0 Å². The number of benzene rings is 1. The number of piperazine rings is 1. The van der Waals surface area contributed by atoms with Gasteiger partial charge in [0, 0.05) is 65.9 Å². The molecule has 2 fully saturated rings. The summed E-state index contributed by atoms with van der Waals surface area (Å²) in [5.41, 5.74) is 1.06. The Kier molecular flexibility index (Phi) is 8.13. The van der Waals surface area contributed by atoms with Crippen LogP contribution in [0.4, 0.5) is 19.0 Å². The smallest absolute Gasteiger partial charge is 0.349 e. The third kappa shape index (κ3) is 5.27. The van der Waals surface area contributed by atoms with Crippen molar-refractivity contribution >= 4 is 40.0 Å². The summed E-state index contributed by atoms with van der Waals surface area (Å²) in [5, 5.41) is 4.61. The molecule has 3 atom stereocenters. The van der Waals surface area contributed by atoms with Crippen molar-refractivity contribution in [3.8, 4) is 0 Å². The zero-order valence-corrected chi connectivity index (χ0v) is 27.0. The molecule has 3 aromatic rings. The Morgan fingerprint density at radius 1 is 1.20 bits per heavy atom. The summed E-state index contributed by atoms with van der Waals surface area (Å²) >= 11 is 1.38. The van der Waals surface area contributed by atoms with E-state index in [4.69, 9.17) is 0 Å². The average Bonchev–Trinajstić information content (AvgIpc) is 3.30. The van der Waals surface area contributed by atoms with E-state index in [1.807, 2.05) is 25.7 Å². The summed E-state index contributed by atoms with van der Waals surface area (Å²) in [5.74, 6) is 0.460. The first-order valence-corrected chi connectivity index (χ1v) is 16.2. The zero-order chi connectivity index (χ0) is 32.4. The fraction of sp³-hybridized carbons (Fsp3) is 0.500. The SMILES string of the molecule is C=CC(=O)N1C[C@H](C)N(c2nc(=O)n3c4c(c(/C(=C/C)c5c(C)cnn5C)c(C(F)(F)F)cc24)SCC3CN2CCC2)C[C@H]1C. The summed E-state index contributed by atoms with van der Waals surface area (Å²) in [7, 11) is 1.72. The van der Waals surface area contributed by atoms with Crippen LogP contribution >= 0.6 is 11.8 Å². The van der Waals surface area contributed by atoms with Crippen LogP contribution in [0, 0.1) is 6.92 Å². The van der Waals surface area contributed by atoms with Crippen LogP contribution in [0.15, 0.2) is 40.7 Å². The van der Waals surface area contributed by atoms with Gasteiger partial charge in [-0.15, -0.1) is 11.8 Å². The molecule has 6 rings (SSSR count). The maximum Gasteiger partial charge on any atom is 0.417 e. The molecule has 5 heterocycles. The van der Waals surface area contributed by atoms with E-state index in [1.165, 1.54) is 23.9 Å². The highest BCUT2D eigenvalue weighted by molar-refractivity contribution is 7.99. The Bertz CT molecular complexity index is 1760. The largest absolute Gasteiger partial charge is 0.417 e. The van der Waals surface area contributed by atoms with Crippen LogP contribution in [-0.4, -0.2) is 85.6 Å². The number of thioether (sulfide) groups is 1. The number of rotatable bonds is 6. The second-order valence-electron chi connectivity index (χ2n) is 12.3. The highest BCUT2D eigenvalue weighted by atomic mass is 32.2. The molecular weight excluding hydrogens is 603 g/mol. The maximum absolute atomic E-state index is 15.2. The molecule has 0 spiro atoms. The first kappa shape index (κ1) is 31.4. The van der Waals surface area contributed by atoms with Crippen molar-refractivity contribution in [3.05, 3.63) is 63.9 Å². The van der Waals surface area contributed by atoms with E-state index in [1.54, 1.807) is 40.4 Å². The first-order valence-electron chi connectivity index (χ1n) is 15.3. The van der Waals surface area contributed by atoms with Gasteiger partial charge < -0.3 is 14.7 Å². The second kappa shape index (κ2) is 11.7. The molecule has 0 saturated carbocycles. The van der Waals surface area contributed by atoms with E-state index in [9.17, 15) is 9.59 Å². The summed E-state index contributed by atoms with van der Waals surface area (Å²) in [6.45, 7) is 14.1. The van der Waals surface area contributed by atoms with Gasteiger partial charge in [-0.2, -0.15) is 23.3 Å². The number of carbonyl (C=O) groups is 1. The number of hydrogen-bond acceptors (Lipinski definition) is 7. The fourth-order valence-electron chi connectivity index (χ4n) is 6.98. The molecule has 45 heavy (non-hydrogen) atoms. The Hall–Kier alpha value is -3.58. The van der Waals surface area contributed by atoms with E-state index in [0.29, 0.717) is 52.5 Å². The predicted molar refractivity (Wildman–Crippen MR) is 171 cm³/mol. The summed E-state index contributed by atoms with van der Waals surface area (Å²) < 4.78 is 48.8. The molecule has 0 radical (unpaired) electrons. The van der Waals surface area contributed by atoms with Gasteiger partial charge in [0.1, 0.15) is 5.82 Å². The normalized spacial score (nSPS) is 22.6. The van der Waals surface area contributed by atoms with Crippen LogP contribution in [0.5, 0.6) is 0 Å². The van der Waals surface area contributed by atoms with Gasteiger partial charge in [0.25, 0.3) is 0 Å². The van der Waals surface area contributed by atoms with Crippen molar-refractivity contribution in [2.45, 2.75) is 63.3 Å². The Labute approximate surface area is 264 Å². The highest BCUT2D eigenvalue weighted by Crippen LogP contribution is 2.50. The monoisotopic (exact) mass is 641 g/mol. The Morgan fingerprint density at radius 2 is 1.93 bits per heavy atom. The molecule has 1 unspecified atom stereocenters. The van der Waals surface area contributed by atoms with Crippen LogP contribution in [0.3, 0.4) is 0 Å². The summed E-state index contributed by atoms with van der Waals surface area (Å²) in [6.07, 6.45) is 1.01. The number of alkyl halides is 3. The van der Waals surface area contributed by atoms with Gasteiger partial charge in [-0.1, -0.05) is 12.7 Å². The van der Waals surface area contributed by atoms with Crippen LogP contribution < -0.4 is 10.6 Å². The minimum absolute atomic E-state index is 0.0599. The van der Waals surface area contributed by atoms with E-state index in [0.717, 1.165) is 25.1 Å². The number of anilines is 1. The molecule has 2 aromatic heterocycles. The van der Waals surface area contributed by atoms with E-state index < -0.39 is 17.4 Å². The second-order valence-corrected chi connectivity index (χ2v) is 13.3. The Morgan fingerprint density at radius 3 is 2.51 bits per heavy atom. The molecule has 0 aliphatic carbocycles. The summed E-state index contributed by atoms with van der Waals surface area (Å²) in [6, 6.07) is 0.377. The first-order chi connectivity index (χ1) is 21.3. The van der Waals surface area contributed by atoms with Crippen molar-refractivity contribution in [2.75, 3.05) is 43.4 Å². The Balaban J connectivity index is 1.65. The fourth-order valence-corrected chi connectivity index (χ4v) is 8.30. The average molecular weight is 642 g/mol. The van der Waals surface area contributed by atoms with Gasteiger partial charge in [-0.05, 0) is 64.9 Å². The van der Waals surface area contributed by atoms with Gasteiger partial charge in [-0.3, -0.25) is 14.0 Å². The lowest BCUT2D eigenvalue weighted by Gasteiger charge is -2.45. The number of aryl methyl sites for hydroxylation is 2. The van der Waals surface area contributed by atoms with Gasteiger partial charge in [0.15, 0.2) is 0 Å². The van der Waals surface area contributed by atoms with Gasteiger partial charge in [0.2, 0.25) is 5.91 Å². The lowest BCUT2D eigenvalue weighted by molar-refractivity contribution is -0.137. The van der Waals surface area contributed by atoms with Crippen molar-refractivity contribution in [1.82, 2.24) is 29.1 Å². The highest BCUT2D eigenvalue weighted by Gasteiger charge is 2.42. The maximum atomic E-state index is 15.2. The van der Waals surface area contributed by atoms with Gasteiger partial charge in [-0.25, -0.2) is 4.79 Å². The molecular formula is C32H38F3N7O2S. The molecule has 2 saturated heterocycles. The van der Waals surface area contributed by atoms with E-state index in [-0.39, 0.29) is 35.4 Å². The molecule has 9 nitrogen and oxygen atoms in total. The molecule has 0 bridgehead atoms. The summed E-state index contributed by atoms with van der Waals surface area (Å²) in [4.78, 5) is 37.4. The number of carbonyl (C=O) groups excluding carboxylic acids is 1. The van der Waals surface area contributed by atoms with Crippen molar-refractivity contribution in [1.29, 1.82) is 0 Å². The minimum atomic E-state index is -4.69. The topological polar surface area (TPSA) is 79.5 Å². The zero-order valence-electron chi connectivity index (χ0n) is 26.2. The van der Waals surface area contributed by atoms with Crippen LogP contribution in [-0.2, 0) is 18.0 Å². The molecule has 1 aromatic carbocycles. The van der Waals surface area contributed by atoms with Crippen molar-refractivity contribution in [2.24, 2.45) is 7.05 Å². The number of allylic oxidation sites excluding steroid dienone is 1. The molecule has 0 N–H and O–H groups in total. The molecule has 1 amide bonds. The van der Waals surface area contributed by atoms with Crippen LogP contribution in [0.25, 0.3) is 16.5 Å². The number of amides is 1. The lowest BCUT2D eigenvalue weighted by atomic mass is 9.92. The number of nitrogens with zero attached hydrogens (tertiary/aromatic N) is 7. The molecule has 240 valence electrons. The quantitative estimate of drug-likeness (QED) is 0.356. The van der Waals surface area contributed by atoms with Gasteiger partial charge >= 0.3 is 11.9 Å². The number of aromatic nitrogens is 4. The molecule has 3 aliphatic rings. The predicted octanol–water partition coefficient (Wildman–Crippen LogP) is 4.87. The van der Waals surface area contributed by atoms with Crippen LogP contribution in [0.2, 0.25) is 0 Å². The minimum Gasteiger partial charge on any atom is -0.349 e. The van der Waals surface area contributed by atoms with Crippen molar-refractivity contribution in [3.63, 3.8) is 0 Å². The standard InChI is InChI=1S/C32H38F3N7O2S/c1-7-22(27-18(3)13-36-38(27)6)26-24(32(33,34)35)12-23-28-29(26)45-17-21(16-39-10-9-11-39)42(28)31(44)37-30(23)41-15-19(4)40(14-20(41)5)25(43)8-2/h7-8,12-13,19-21H,2,9-11,14-17H2,1,3-6H3/b22-7-/t19-,20+,21?/m1/s1.